The van der Waals surface area contributed by atoms with E-state index in [1.165, 1.54) is 70.9 Å². The predicted octanol–water partition coefficient (Wildman–Crippen LogP) is 2.69. The van der Waals surface area contributed by atoms with Gasteiger partial charge in [0.05, 0.1) is 0 Å². The van der Waals surface area contributed by atoms with Crippen molar-refractivity contribution in [2.45, 2.75) is 69.9 Å². The molecule has 3 unspecified atom stereocenters. The molecule has 0 amide bonds. The lowest BCUT2D eigenvalue weighted by atomic mass is 9.81. The van der Waals surface area contributed by atoms with Crippen LogP contribution in [0, 0.1) is 11.8 Å². The highest BCUT2D eigenvalue weighted by atomic mass is 15.0. The Kier molecular flexibility index (Phi) is 4.02. The van der Waals surface area contributed by atoms with Crippen molar-refractivity contribution in [3.05, 3.63) is 0 Å². The molecule has 2 heterocycles. The third kappa shape index (κ3) is 2.85. The number of rotatable bonds is 2. The Balaban J connectivity index is 1.46. The summed E-state index contributed by atoms with van der Waals surface area (Å²) in [6.45, 7) is 2.54. The van der Waals surface area contributed by atoms with Crippen LogP contribution < -0.4 is 10.6 Å². The Morgan fingerprint density at radius 2 is 1.35 bits per heavy atom. The quantitative estimate of drug-likeness (QED) is 0.770. The van der Waals surface area contributed by atoms with Crippen molar-refractivity contribution in [2.24, 2.45) is 11.8 Å². The maximum absolute atomic E-state index is 3.85. The SMILES string of the molecule is C1CCC(C2CCC(C3CCCC3)CN2)NC1. The molecule has 3 rings (SSSR count). The summed E-state index contributed by atoms with van der Waals surface area (Å²) in [6.07, 6.45) is 13.1. The van der Waals surface area contributed by atoms with E-state index in [2.05, 4.69) is 10.6 Å². The molecule has 0 aromatic heterocycles. The lowest BCUT2D eigenvalue weighted by Gasteiger charge is -2.39. The Morgan fingerprint density at radius 1 is 0.588 bits per heavy atom. The van der Waals surface area contributed by atoms with Crippen LogP contribution in [0.2, 0.25) is 0 Å². The van der Waals surface area contributed by atoms with E-state index in [-0.39, 0.29) is 0 Å². The van der Waals surface area contributed by atoms with Gasteiger partial charge in [-0.05, 0) is 50.6 Å². The third-order valence-electron chi connectivity index (χ3n) is 5.39. The molecule has 2 saturated heterocycles. The van der Waals surface area contributed by atoms with Gasteiger partial charge in [0.15, 0.2) is 0 Å². The predicted molar refractivity (Wildman–Crippen MR) is 72.1 cm³/mol. The molecule has 98 valence electrons. The van der Waals surface area contributed by atoms with Crippen molar-refractivity contribution in [1.29, 1.82) is 0 Å². The molecule has 0 radical (unpaired) electrons. The molecular formula is C15H28N2. The van der Waals surface area contributed by atoms with Crippen LogP contribution in [0.15, 0.2) is 0 Å². The van der Waals surface area contributed by atoms with Crippen LogP contribution in [0.5, 0.6) is 0 Å². The average molecular weight is 236 g/mol. The van der Waals surface area contributed by atoms with E-state index >= 15 is 0 Å². The van der Waals surface area contributed by atoms with E-state index in [0.29, 0.717) is 0 Å². The van der Waals surface area contributed by atoms with E-state index in [4.69, 9.17) is 0 Å². The van der Waals surface area contributed by atoms with Crippen LogP contribution in [0.4, 0.5) is 0 Å². The second kappa shape index (κ2) is 5.71. The molecule has 0 aromatic rings. The van der Waals surface area contributed by atoms with Gasteiger partial charge in [-0.15, -0.1) is 0 Å². The van der Waals surface area contributed by atoms with Crippen LogP contribution in [0.3, 0.4) is 0 Å². The molecule has 2 aliphatic heterocycles. The fraction of sp³-hybridized carbons (Fsp3) is 1.00. The van der Waals surface area contributed by atoms with Gasteiger partial charge in [-0.1, -0.05) is 32.1 Å². The first-order chi connectivity index (χ1) is 8.43. The molecule has 1 saturated carbocycles. The number of hydrogen-bond donors (Lipinski definition) is 2. The van der Waals surface area contributed by atoms with Crippen molar-refractivity contribution >= 4 is 0 Å². The average Bonchev–Trinajstić information content (AvgIpc) is 2.94. The van der Waals surface area contributed by atoms with Gasteiger partial charge in [0.1, 0.15) is 0 Å². The fourth-order valence-electron chi connectivity index (χ4n) is 4.30. The standard InChI is InChI=1S/C15H28N2/c1-2-6-12(5-1)13-8-9-15(17-11-13)14-7-3-4-10-16-14/h12-17H,1-11H2. The van der Waals surface area contributed by atoms with E-state index in [1.807, 2.05) is 0 Å². The summed E-state index contributed by atoms with van der Waals surface area (Å²) >= 11 is 0. The summed E-state index contributed by atoms with van der Waals surface area (Å²) in [5.41, 5.74) is 0. The van der Waals surface area contributed by atoms with E-state index in [9.17, 15) is 0 Å². The summed E-state index contributed by atoms with van der Waals surface area (Å²) in [6, 6.07) is 1.54. The first-order valence-corrected chi connectivity index (χ1v) is 7.90. The highest BCUT2D eigenvalue weighted by Crippen LogP contribution is 2.35. The van der Waals surface area contributed by atoms with Gasteiger partial charge in [0, 0.05) is 12.1 Å². The highest BCUT2D eigenvalue weighted by Gasteiger charge is 2.32. The lowest BCUT2D eigenvalue weighted by molar-refractivity contribution is 0.194. The number of piperidine rings is 2. The van der Waals surface area contributed by atoms with E-state index < -0.39 is 0 Å². The first-order valence-electron chi connectivity index (χ1n) is 7.90. The van der Waals surface area contributed by atoms with Crippen LogP contribution in [-0.2, 0) is 0 Å². The lowest BCUT2D eigenvalue weighted by Crippen LogP contribution is -2.53. The molecule has 2 heteroatoms. The maximum atomic E-state index is 3.85. The Hall–Kier alpha value is -0.0800. The monoisotopic (exact) mass is 236 g/mol. The fourth-order valence-corrected chi connectivity index (χ4v) is 4.30. The summed E-state index contributed by atoms with van der Waals surface area (Å²) < 4.78 is 0. The second-order valence-corrected chi connectivity index (χ2v) is 6.45. The van der Waals surface area contributed by atoms with Gasteiger partial charge in [0.2, 0.25) is 0 Å². The maximum Gasteiger partial charge on any atom is 0.0221 e. The van der Waals surface area contributed by atoms with Crippen LogP contribution in [-0.4, -0.2) is 25.2 Å². The van der Waals surface area contributed by atoms with Crippen LogP contribution in [0.25, 0.3) is 0 Å². The molecule has 2 nitrogen and oxygen atoms in total. The summed E-state index contributed by atoms with van der Waals surface area (Å²) in [4.78, 5) is 0. The van der Waals surface area contributed by atoms with Gasteiger partial charge < -0.3 is 10.6 Å². The van der Waals surface area contributed by atoms with Gasteiger partial charge in [-0.25, -0.2) is 0 Å². The second-order valence-electron chi connectivity index (χ2n) is 6.45. The van der Waals surface area contributed by atoms with Crippen LogP contribution >= 0.6 is 0 Å². The van der Waals surface area contributed by atoms with Gasteiger partial charge in [0.25, 0.3) is 0 Å². The number of nitrogens with one attached hydrogen (secondary N) is 2. The molecule has 17 heavy (non-hydrogen) atoms. The van der Waals surface area contributed by atoms with E-state index in [0.717, 1.165) is 23.9 Å². The van der Waals surface area contributed by atoms with E-state index in [1.54, 1.807) is 0 Å². The highest BCUT2D eigenvalue weighted by molar-refractivity contribution is 4.91. The van der Waals surface area contributed by atoms with Crippen molar-refractivity contribution in [1.82, 2.24) is 10.6 Å². The zero-order chi connectivity index (χ0) is 11.5. The minimum Gasteiger partial charge on any atom is -0.312 e. The number of hydrogen-bond acceptors (Lipinski definition) is 2. The smallest absolute Gasteiger partial charge is 0.0221 e. The molecular weight excluding hydrogens is 208 g/mol. The first kappa shape index (κ1) is 12.0. The molecule has 0 spiro atoms. The molecule has 2 N–H and O–H groups in total. The largest absolute Gasteiger partial charge is 0.312 e. The third-order valence-corrected chi connectivity index (χ3v) is 5.39. The van der Waals surface area contributed by atoms with Crippen molar-refractivity contribution in [2.75, 3.05) is 13.1 Å². The molecule has 1 aliphatic carbocycles. The van der Waals surface area contributed by atoms with Gasteiger partial charge in [-0.2, -0.15) is 0 Å². The van der Waals surface area contributed by atoms with Crippen LogP contribution in [0.1, 0.15) is 57.8 Å². The Bertz CT molecular complexity index is 221. The topological polar surface area (TPSA) is 24.1 Å². The zero-order valence-electron chi connectivity index (χ0n) is 11.1. The summed E-state index contributed by atoms with van der Waals surface area (Å²) in [5, 5.41) is 7.56. The zero-order valence-corrected chi connectivity index (χ0v) is 11.1. The van der Waals surface area contributed by atoms with Gasteiger partial charge in [-0.3, -0.25) is 0 Å². The Morgan fingerprint density at radius 3 is 2.00 bits per heavy atom. The Labute approximate surface area is 106 Å². The van der Waals surface area contributed by atoms with Gasteiger partial charge >= 0.3 is 0 Å². The minimum absolute atomic E-state index is 0.771. The molecule has 3 atom stereocenters. The summed E-state index contributed by atoms with van der Waals surface area (Å²) in [5.74, 6) is 2.06. The van der Waals surface area contributed by atoms with Crippen molar-refractivity contribution < 1.29 is 0 Å². The molecule has 0 bridgehead atoms. The normalized spacial score (nSPS) is 40.6. The molecule has 3 fully saturated rings. The van der Waals surface area contributed by atoms with Crippen molar-refractivity contribution in [3.8, 4) is 0 Å². The minimum atomic E-state index is 0.771. The summed E-state index contributed by atoms with van der Waals surface area (Å²) in [7, 11) is 0. The molecule has 0 aromatic carbocycles. The van der Waals surface area contributed by atoms with Crippen molar-refractivity contribution in [3.63, 3.8) is 0 Å². The molecule has 3 aliphatic rings.